The summed E-state index contributed by atoms with van der Waals surface area (Å²) in [7, 11) is 0. The van der Waals surface area contributed by atoms with Gasteiger partial charge in [-0.1, -0.05) is 0 Å². The van der Waals surface area contributed by atoms with E-state index in [-0.39, 0.29) is 11.5 Å². The van der Waals surface area contributed by atoms with Gasteiger partial charge in [0.1, 0.15) is 10.8 Å². The predicted octanol–water partition coefficient (Wildman–Crippen LogP) is 1.86. The molecule has 5 nitrogen and oxygen atoms in total. The van der Waals surface area contributed by atoms with Crippen LogP contribution in [0, 0.1) is 0 Å². The van der Waals surface area contributed by atoms with Crippen molar-refractivity contribution in [1.82, 2.24) is 15.0 Å². The van der Waals surface area contributed by atoms with E-state index in [2.05, 4.69) is 20.3 Å². The number of hydrogen-bond donors (Lipinski definition) is 2. The topological polar surface area (TPSA) is 76.7 Å². The molecule has 16 heavy (non-hydrogen) atoms. The molecule has 0 radical (unpaired) electrons. The number of rotatable bonds is 3. The molecule has 0 bridgehead atoms. The van der Waals surface area contributed by atoms with Gasteiger partial charge in [0, 0.05) is 17.8 Å². The van der Waals surface area contributed by atoms with Crippen molar-refractivity contribution in [1.29, 1.82) is 0 Å². The van der Waals surface area contributed by atoms with Crippen LogP contribution in [-0.4, -0.2) is 15.0 Å². The summed E-state index contributed by atoms with van der Waals surface area (Å²) in [5, 5.41) is 6.23. The van der Waals surface area contributed by atoms with Gasteiger partial charge in [0.2, 0.25) is 5.95 Å². The van der Waals surface area contributed by atoms with Crippen molar-refractivity contribution in [2.75, 3.05) is 11.1 Å². The Morgan fingerprint density at radius 3 is 2.75 bits per heavy atom. The Labute approximate surface area is 97.8 Å². The normalized spacial score (nSPS) is 11.4. The molecule has 3 N–H and O–H groups in total. The Bertz CT molecular complexity index is 466. The molecule has 0 aliphatic heterocycles. The van der Waals surface area contributed by atoms with Gasteiger partial charge in [-0.05, 0) is 19.9 Å². The summed E-state index contributed by atoms with van der Waals surface area (Å²) < 4.78 is 0. The van der Waals surface area contributed by atoms with E-state index in [0.717, 1.165) is 5.01 Å². The van der Waals surface area contributed by atoms with E-state index in [0.29, 0.717) is 5.82 Å². The molecular weight excluding hydrogens is 222 g/mol. The third kappa shape index (κ3) is 2.27. The Kier molecular flexibility index (Phi) is 2.74. The third-order valence-corrected chi connectivity index (χ3v) is 3.18. The first-order valence-electron chi connectivity index (χ1n) is 4.84. The molecule has 2 rings (SSSR count). The van der Waals surface area contributed by atoms with Crippen LogP contribution in [0.2, 0.25) is 0 Å². The molecule has 2 aromatic heterocycles. The van der Waals surface area contributed by atoms with Gasteiger partial charge in [0.15, 0.2) is 0 Å². The molecule has 0 aliphatic rings. The van der Waals surface area contributed by atoms with Crippen LogP contribution in [0.1, 0.15) is 18.9 Å². The minimum absolute atomic E-state index is 0.264. The third-order valence-electron chi connectivity index (χ3n) is 2.08. The van der Waals surface area contributed by atoms with E-state index in [9.17, 15) is 0 Å². The largest absolute Gasteiger partial charge is 0.368 e. The van der Waals surface area contributed by atoms with Crippen LogP contribution in [0.3, 0.4) is 0 Å². The van der Waals surface area contributed by atoms with Crippen molar-refractivity contribution in [2.45, 2.75) is 19.4 Å². The summed E-state index contributed by atoms with van der Waals surface area (Å²) in [4.78, 5) is 12.2. The lowest BCUT2D eigenvalue weighted by atomic mass is 10.1. The van der Waals surface area contributed by atoms with Crippen molar-refractivity contribution in [2.24, 2.45) is 0 Å². The minimum atomic E-state index is -0.269. The minimum Gasteiger partial charge on any atom is -0.368 e. The van der Waals surface area contributed by atoms with Crippen LogP contribution in [0.5, 0.6) is 0 Å². The van der Waals surface area contributed by atoms with E-state index in [1.54, 1.807) is 29.8 Å². The molecule has 0 aliphatic carbocycles. The average molecular weight is 235 g/mol. The smallest absolute Gasteiger partial charge is 0.221 e. The molecule has 0 spiro atoms. The van der Waals surface area contributed by atoms with Gasteiger partial charge >= 0.3 is 0 Å². The van der Waals surface area contributed by atoms with Gasteiger partial charge in [-0.25, -0.2) is 9.97 Å². The zero-order chi connectivity index (χ0) is 11.6. The standard InChI is InChI=1S/C10H13N5S/c1-10(2,8-12-5-6-16-8)15-7-3-4-13-9(11)14-7/h3-6H,1-2H3,(H3,11,13,14,15). The van der Waals surface area contributed by atoms with E-state index in [4.69, 9.17) is 5.73 Å². The fourth-order valence-electron chi connectivity index (χ4n) is 1.35. The number of hydrogen-bond acceptors (Lipinski definition) is 6. The number of aromatic nitrogens is 3. The Morgan fingerprint density at radius 1 is 1.31 bits per heavy atom. The molecule has 0 unspecified atom stereocenters. The molecule has 0 saturated carbocycles. The van der Waals surface area contributed by atoms with E-state index >= 15 is 0 Å². The monoisotopic (exact) mass is 235 g/mol. The first-order valence-corrected chi connectivity index (χ1v) is 5.72. The van der Waals surface area contributed by atoms with Gasteiger partial charge in [0.25, 0.3) is 0 Å². The summed E-state index contributed by atoms with van der Waals surface area (Å²) in [6.45, 7) is 4.09. The summed E-state index contributed by atoms with van der Waals surface area (Å²) in [6, 6.07) is 1.78. The quantitative estimate of drug-likeness (QED) is 0.849. The second-order valence-corrected chi connectivity index (χ2v) is 4.78. The molecule has 6 heteroatoms. The highest BCUT2D eigenvalue weighted by Crippen LogP contribution is 2.26. The van der Waals surface area contributed by atoms with E-state index < -0.39 is 0 Å². The van der Waals surface area contributed by atoms with Crippen LogP contribution in [0.4, 0.5) is 11.8 Å². The average Bonchev–Trinajstić information content (AvgIpc) is 2.69. The van der Waals surface area contributed by atoms with Gasteiger partial charge in [-0.2, -0.15) is 4.98 Å². The highest BCUT2D eigenvalue weighted by molar-refractivity contribution is 7.09. The Hall–Kier alpha value is -1.69. The number of nitrogens with zero attached hydrogens (tertiary/aromatic N) is 3. The van der Waals surface area contributed by atoms with Crippen LogP contribution in [0.15, 0.2) is 23.8 Å². The fraction of sp³-hybridized carbons (Fsp3) is 0.300. The number of thiazole rings is 1. The van der Waals surface area contributed by atoms with Crippen molar-refractivity contribution < 1.29 is 0 Å². The lowest BCUT2D eigenvalue weighted by molar-refractivity contribution is 0.601. The summed E-state index contributed by atoms with van der Waals surface area (Å²) in [6.07, 6.45) is 3.42. The second kappa shape index (κ2) is 4.05. The number of nitrogen functional groups attached to an aromatic ring is 1. The van der Waals surface area contributed by atoms with Crippen LogP contribution < -0.4 is 11.1 Å². The first-order chi connectivity index (χ1) is 7.58. The van der Waals surface area contributed by atoms with Gasteiger partial charge in [-0.3, -0.25) is 0 Å². The maximum atomic E-state index is 5.52. The Morgan fingerprint density at radius 2 is 2.12 bits per heavy atom. The van der Waals surface area contributed by atoms with E-state index in [1.807, 2.05) is 19.2 Å². The molecule has 0 fully saturated rings. The van der Waals surface area contributed by atoms with Gasteiger partial charge in [-0.15, -0.1) is 11.3 Å². The van der Waals surface area contributed by atoms with E-state index in [1.165, 1.54) is 0 Å². The Balaban J connectivity index is 2.21. The summed E-state index contributed by atoms with van der Waals surface area (Å²) in [5.41, 5.74) is 5.25. The van der Waals surface area contributed by atoms with Gasteiger partial charge < -0.3 is 11.1 Å². The fourth-order valence-corrected chi connectivity index (χ4v) is 2.07. The molecule has 0 atom stereocenters. The van der Waals surface area contributed by atoms with Crippen LogP contribution >= 0.6 is 11.3 Å². The lowest BCUT2D eigenvalue weighted by Gasteiger charge is -2.24. The zero-order valence-electron chi connectivity index (χ0n) is 9.14. The second-order valence-electron chi connectivity index (χ2n) is 3.89. The van der Waals surface area contributed by atoms with Gasteiger partial charge in [0.05, 0.1) is 5.54 Å². The molecule has 0 amide bonds. The maximum absolute atomic E-state index is 5.52. The number of anilines is 2. The molecule has 2 heterocycles. The SMILES string of the molecule is CC(C)(Nc1ccnc(N)n1)c1nccs1. The maximum Gasteiger partial charge on any atom is 0.221 e. The predicted molar refractivity (Wildman–Crippen MR) is 65.2 cm³/mol. The van der Waals surface area contributed by atoms with Crippen molar-refractivity contribution in [3.05, 3.63) is 28.8 Å². The molecule has 0 saturated heterocycles. The lowest BCUT2D eigenvalue weighted by Crippen LogP contribution is -2.28. The molecule has 84 valence electrons. The van der Waals surface area contributed by atoms with Crippen molar-refractivity contribution in [3.8, 4) is 0 Å². The number of nitrogens with one attached hydrogen (secondary N) is 1. The summed E-state index contributed by atoms with van der Waals surface area (Å²) in [5.74, 6) is 0.965. The van der Waals surface area contributed by atoms with Crippen molar-refractivity contribution >= 4 is 23.1 Å². The van der Waals surface area contributed by atoms with Crippen LogP contribution in [0.25, 0.3) is 0 Å². The molecule has 0 aromatic carbocycles. The number of nitrogens with two attached hydrogens (primary N) is 1. The highest BCUT2D eigenvalue weighted by Gasteiger charge is 2.23. The summed E-state index contributed by atoms with van der Waals surface area (Å²) >= 11 is 1.61. The molecule has 2 aromatic rings. The van der Waals surface area contributed by atoms with Crippen molar-refractivity contribution in [3.63, 3.8) is 0 Å². The zero-order valence-corrected chi connectivity index (χ0v) is 9.95. The van der Waals surface area contributed by atoms with Crippen LogP contribution in [-0.2, 0) is 5.54 Å². The first kappa shape index (κ1) is 10.8. The molecular formula is C10H13N5S. The highest BCUT2D eigenvalue weighted by atomic mass is 32.1.